The largest absolute Gasteiger partial charge is 0.492 e. The van der Waals surface area contributed by atoms with E-state index >= 15 is 0 Å². The lowest BCUT2D eigenvalue weighted by molar-refractivity contribution is -0.122. The van der Waals surface area contributed by atoms with Crippen molar-refractivity contribution < 1.29 is 18.7 Å². The molecule has 0 radical (unpaired) electrons. The van der Waals surface area contributed by atoms with Crippen LogP contribution in [0.2, 0.25) is 0 Å². The first-order chi connectivity index (χ1) is 11.1. The van der Waals surface area contributed by atoms with Gasteiger partial charge in [-0.2, -0.15) is 0 Å². The number of nitrogens with one attached hydrogen (secondary N) is 2. The molecule has 6 nitrogen and oxygen atoms in total. The fourth-order valence-electron chi connectivity index (χ4n) is 1.79. The predicted octanol–water partition coefficient (Wildman–Crippen LogP) is 2.36. The van der Waals surface area contributed by atoms with Gasteiger partial charge in [0, 0.05) is 4.47 Å². The van der Waals surface area contributed by atoms with E-state index in [0.717, 1.165) is 10.2 Å². The molecule has 0 saturated heterocycles. The van der Waals surface area contributed by atoms with E-state index in [0.29, 0.717) is 18.7 Å². The summed E-state index contributed by atoms with van der Waals surface area (Å²) in [7, 11) is 0. The number of carbonyl (C=O) groups is 2. The minimum atomic E-state index is -0.650. The van der Waals surface area contributed by atoms with Crippen LogP contribution in [0, 0.1) is 0 Å². The van der Waals surface area contributed by atoms with Crippen LogP contribution in [-0.2, 0) is 4.79 Å². The minimum absolute atomic E-state index is 0.278. The van der Waals surface area contributed by atoms with E-state index in [1.54, 1.807) is 6.92 Å². The number of ether oxygens (including phenoxy) is 1. The van der Waals surface area contributed by atoms with Crippen LogP contribution in [0.5, 0.6) is 5.75 Å². The molecule has 7 heteroatoms. The summed E-state index contributed by atoms with van der Waals surface area (Å²) < 4.78 is 11.3. The molecule has 2 rings (SSSR count). The van der Waals surface area contributed by atoms with Gasteiger partial charge in [0.05, 0.1) is 18.4 Å². The van der Waals surface area contributed by atoms with Gasteiger partial charge in [-0.3, -0.25) is 9.59 Å². The van der Waals surface area contributed by atoms with Crippen molar-refractivity contribution in [1.82, 2.24) is 10.6 Å². The van der Waals surface area contributed by atoms with Gasteiger partial charge in [0.1, 0.15) is 24.7 Å². The van der Waals surface area contributed by atoms with Gasteiger partial charge in [0.15, 0.2) is 0 Å². The highest BCUT2D eigenvalue weighted by Gasteiger charge is 2.16. The summed E-state index contributed by atoms with van der Waals surface area (Å²) in [5.74, 6) is 0.0846. The second-order valence-corrected chi connectivity index (χ2v) is 5.72. The smallest absolute Gasteiger partial charge is 0.255 e. The zero-order valence-corrected chi connectivity index (χ0v) is 14.1. The molecule has 2 amide bonds. The van der Waals surface area contributed by atoms with Crippen molar-refractivity contribution >= 4 is 27.7 Å². The average Bonchev–Trinajstić information content (AvgIpc) is 3.06. The predicted molar refractivity (Wildman–Crippen MR) is 88.3 cm³/mol. The maximum atomic E-state index is 11.9. The van der Waals surface area contributed by atoms with Crippen molar-refractivity contribution in [1.29, 1.82) is 0 Å². The Hall–Kier alpha value is -2.28. The summed E-state index contributed by atoms with van der Waals surface area (Å²) in [5.41, 5.74) is 0.377. The molecular formula is C16H17BrN2O4. The second kappa shape index (κ2) is 8.38. The van der Waals surface area contributed by atoms with Gasteiger partial charge in [-0.1, -0.05) is 22.0 Å². The molecule has 2 N–H and O–H groups in total. The van der Waals surface area contributed by atoms with Gasteiger partial charge >= 0.3 is 0 Å². The van der Waals surface area contributed by atoms with E-state index in [9.17, 15) is 9.59 Å². The summed E-state index contributed by atoms with van der Waals surface area (Å²) in [5, 5.41) is 5.29. The lowest BCUT2D eigenvalue weighted by Crippen LogP contribution is -2.45. The molecule has 1 aromatic carbocycles. The summed E-state index contributed by atoms with van der Waals surface area (Å²) in [4.78, 5) is 23.7. The third-order valence-corrected chi connectivity index (χ3v) is 3.48. The quantitative estimate of drug-likeness (QED) is 0.722. The average molecular weight is 381 g/mol. The molecule has 0 aliphatic carbocycles. The zero-order chi connectivity index (χ0) is 16.7. The van der Waals surface area contributed by atoms with Gasteiger partial charge < -0.3 is 19.8 Å². The highest BCUT2D eigenvalue weighted by atomic mass is 79.9. The van der Waals surface area contributed by atoms with E-state index in [2.05, 4.69) is 26.6 Å². The Labute approximate surface area is 142 Å². The van der Waals surface area contributed by atoms with Gasteiger partial charge in [-0.05, 0) is 31.2 Å². The van der Waals surface area contributed by atoms with Crippen molar-refractivity contribution in [3.63, 3.8) is 0 Å². The fourth-order valence-corrected chi connectivity index (χ4v) is 2.17. The van der Waals surface area contributed by atoms with E-state index in [1.165, 1.54) is 18.6 Å². The molecule has 0 aliphatic rings. The highest BCUT2D eigenvalue weighted by molar-refractivity contribution is 9.10. The number of amides is 2. The SMILES string of the molecule is CC(NC(=O)c1ccoc1)C(=O)NCCOc1cccc(Br)c1. The lowest BCUT2D eigenvalue weighted by Gasteiger charge is -2.14. The maximum absolute atomic E-state index is 11.9. The Kier molecular flexibility index (Phi) is 6.22. The summed E-state index contributed by atoms with van der Waals surface area (Å²) in [6.07, 6.45) is 2.73. The Morgan fingerprint density at radius 2 is 2.17 bits per heavy atom. The number of carbonyl (C=O) groups excluding carboxylic acids is 2. The number of furan rings is 1. The molecule has 0 fully saturated rings. The van der Waals surface area contributed by atoms with Crippen LogP contribution in [0.1, 0.15) is 17.3 Å². The molecule has 1 aromatic heterocycles. The molecular weight excluding hydrogens is 364 g/mol. The maximum Gasteiger partial charge on any atom is 0.255 e. The third-order valence-electron chi connectivity index (χ3n) is 2.99. The summed E-state index contributed by atoms with van der Waals surface area (Å²) in [6.45, 7) is 2.30. The van der Waals surface area contributed by atoms with Crippen LogP contribution >= 0.6 is 15.9 Å². The normalized spacial score (nSPS) is 11.6. The number of benzene rings is 1. The van der Waals surface area contributed by atoms with Gasteiger partial charge in [-0.25, -0.2) is 0 Å². The number of rotatable bonds is 7. The molecule has 1 unspecified atom stereocenters. The van der Waals surface area contributed by atoms with Gasteiger partial charge in [-0.15, -0.1) is 0 Å². The van der Waals surface area contributed by atoms with Crippen molar-refractivity contribution in [2.24, 2.45) is 0 Å². The van der Waals surface area contributed by atoms with Crippen LogP contribution in [0.4, 0.5) is 0 Å². The minimum Gasteiger partial charge on any atom is -0.492 e. The van der Waals surface area contributed by atoms with E-state index in [-0.39, 0.29) is 11.8 Å². The van der Waals surface area contributed by atoms with Crippen LogP contribution in [0.15, 0.2) is 51.7 Å². The zero-order valence-electron chi connectivity index (χ0n) is 12.5. The molecule has 0 saturated carbocycles. The van der Waals surface area contributed by atoms with Crippen molar-refractivity contribution in [2.75, 3.05) is 13.2 Å². The van der Waals surface area contributed by atoms with E-state index < -0.39 is 6.04 Å². The van der Waals surface area contributed by atoms with Crippen molar-refractivity contribution in [3.05, 3.63) is 52.9 Å². The molecule has 122 valence electrons. The van der Waals surface area contributed by atoms with Crippen molar-refractivity contribution in [3.8, 4) is 5.75 Å². The monoisotopic (exact) mass is 380 g/mol. The van der Waals surface area contributed by atoms with Crippen molar-refractivity contribution in [2.45, 2.75) is 13.0 Å². The Morgan fingerprint density at radius 3 is 2.87 bits per heavy atom. The number of hydrogen-bond acceptors (Lipinski definition) is 4. The molecule has 1 heterocycles. The van der Waals surface area contributed by atoms with Crippen LogP contribution in [0.25, 0.3) is 0 Å². The Morgan fingerprint density at radius 1 is 1.35 bits per heavy atom. The lowest BCUT2D eigenvalue weighted by atomic mass is 10.2. The van der Waals surface area contributed by atoms with Crippen LogP contribution < -0.4 is 15.4 Å². The first-order valence-corrected chi connectivity index (χ1v) is 7.84. The van der Waals surface area contributed by atoms with Crippen LogP contribution in [0.3, 0.4) is 0 Å². The first kappa shape index (κ1) is 17.1. The molecule has 0 bridgehead atoms. The van der Waals surface area contributed by atoms with E-state index in [1.807, 2.05) is 24.3 Å². The number of hydrogen-bond donors (Lipinski definition) is 2. The van der Waals surface area contributed by atoms with Crippen LogP contribution in [-0.4, -0.2) is 31.0 Å². The topological polar surface area (TPSA) is 80.6 Å². The summed E-state index contributed by atoms with van der Waals surface area (Å²) >= 11 is 3.36. The highest BCUT2D eigenvalue weighted by Crippen LogP contribution is 2.17. The first-order valence-electron chi connectivity index (χ1n) is 7.05. The third kappa shape index (κ3) is 5.45. The molecule has 23 heavy (non-hydrogen) atoms. The molecule has 1 atom stereocenters. The van der Waals surface area contributed by atoms with E-state index in [4.69, 9.17) is 9.15 Å². The Bertz CT molecular complexity index is 658. The molecule has 2 aromatic rings. The second-order valence-electron chi connectivity index (χ2n) is 4.80. The fraction of sp³-hybridized carbons (Fsp3) is 0.250. The standard InChI is InChI=1S/C16H17BrN2O4/c1-11(19-16(21)12-5-7-22-10-12)15(20)18-6-8-23-14-4-2-3-13(17)9-14/h2-5,7,9-11H,6,8H2,1H3,(H,18,20)(H,19,21). The van der Waals surface area contributed by atoms with Gasteiger partial charge in [0.2, 0.25) is 5.91 Å². The number of halogens is 1. The van der Waals surface area contributed by atoms with Gasteiger partial charge in [0.25, 0.3) is 5.91 Å². The summed E-state index contributed by atoms with van der Waals surface area (Å²) in [6, 6.07) is 8.33. The molecule has 0 spiro atoms. The molecule has 0 aliphatic heterocycles. The Balaban J connectivity index is 1.69.